The van der Waals surface area contributed by atoms with E-state index in [1.165, 1.54) is 0 Å². The summed E-state index contributed by atoms with van der Waals surface area (Å²) >= 11 is 0. The predicted octanol–water partition coefficient (Wildman–Crippen LogP) is 3.60. The van der Waals surface area contributed by atoms with Gasteiger partial charge in [-0.15, -0.1) is 0 Å². The third-order valence-electron chi connectivity index (χ3n) is 4.50. The van der Waals surface area contributed by atoms with Crippen molar-refractivity contribution in [3.05, 3.63) is 71.8 Å². The second kappa shape index (κ2) is 6.96. The van der Waals surface area contributed by atoms with Crippen LogP contribution in [0.4, 0.5) is 8.78 Å². The fourth-order valence-electron chi connectivity index (χ4n) is 2.94. The van der Waals surface area contributed by atoms with Crippen molar-refractivity contribution in [2.24, 2.45) is 5.10 Å². The molecule has 2 aromatic carbocycles. The van der Waals surface area contributed by atoms with Crippen molar-refractivity contribution in [3.63, 3.8) is 0 Å². The Morgan fingerprint density at radius 1 is 1.15 bits per heavy atom. The van der Waals surface area contributed by atoms with Gasteiger partial charge in [0.2, 0.25) is 11.6 Å². The van der Waals surface area contributed by atoms with Crippen LogP contribution in [0.15, 0.2) is 65.8 Å². The first-order chi connectivity index (χ1) is 12.3. The summed E-state index contributed by atoms with van der Waals surface area (Å²) in [6.07, 6.45) is -0.0523. The number of carbonyl (C=O) groups excluding carboxylic acids is 1. The minimum Gasteiger partial charge on any atom is -0.364 e. The minimum atomic E-state index is -3.52. The molecule has 0 radical (unpaired) electrons. The fourth-order valence-corrected chi connectivity index (χ4v) is 2.94. The minimum absolute atomic E-state index is 0.0199. The van der Waals surface area contributed by atoms with E-state index in [2.05, 4.69) is 5.10 Å². The number of hydrogen-bond acceptors (Lipinski definition) is 3. The number of alkyl halides is 2. The van der Waals surface area contributed by atoms with Gasteiger partial charge in [0.1, 0.15) is 0 Å². The summed E-state index contributed by atoms with van der Waals surface area (Å²) in [6.45, 7) is 0.605. The molecule has 1 aliphatic rings. The molecule has 0 aromatic heterocycles. The van der Waals surface area contributed by atoms with E-state index in [0.717, 1.165) is 5.56 Å². The van der Waals surface area contributed by atoms with Gasteiger partial charge in [0.15, 0.2) is 0 Å². The number of rotatable bonds is 5. The molecule has 6 heteroatoms. The molecule has 136 valence electrons. The first-order valence-corrected chi connectivity index (χ1v) is 8.41. The third-order valence-corrected chi connectivity index (χ3v) is 4.50. The van der Waals surface area contributed by atoms with Crippen LogP contribution < -0.4 is 0 Å². The molecule has 0 saturated heterocycles. The highest BCUT2D eigenvalue weighted by molar-refractivity contribution is 6.03. The lowest BCUT2D eigenvalue weighted by molar-refractivity contribution is -0.235. The van der Waals surface area contributed by atoms with Crippen molar-refractivity contribution in [1.82, 2.24) is 5.01 Å². The molecule has 1 amide bonds. The van der Waals surface area contributed by atoms with Crippen LogP contribution in [0, 0.1) is 0 Å². The molecule has 2 aromatic rings. The summed E-state index contributed by atoms with van der Waals surface area (Å²) in [7, 11) is 0. The lowest BCUT2D eigenvalue weighted by Crippen LogP contribution is -2.57. The highest BCUT2D eigenvalue weighted by atomic mass is 19.3. The number of hydrogen-bond donors (Lipinski definition) is 1. The van der Waals surface area contributed by atoms with Gasteiger partial charge in [-0.25, -0.2) is 8.78 Å². The molecular weight excluding hydrogens is 338 g/mol. The quantitative estimate of drug-likeness (QED) is 0.888. The molecule has 0 saturated carbocycles. The summed E-state index contributed by atoms with van der Waals surface area (Å²) in [4.78, 5) is 12.6. The summed E-state index contributed by atoms with van der Waals surface area (Å²) in [5.41, 5.74) is -0.873. The zero-order valence-corrected chi connectivity index (χ0v) is 14.4. The molecule has 1 aliphatic heterocycles. The van der Waals surface area contributed by atoms with Crippen LogP contribution in [0.2, 0.25) is 0 Å². The molecule has 0 unspecified atom stereocenters. The molecule has 3 rings (SSSR count). The largest absolute Gasteiger partial charge is 0.364 e. The average molecular weight is 358 g/mol. The Hall–Kier alpha value is -2.60. The number of amides is 1. The highest BCUT2D eigenvalue weighted by Gasteiger charge is 2.59. The maximum absolute atomic E-state index is 14.2. The summed E-state index contributed by atoms with van der Waals surface area (Å²) < 4.78 is 28.3. The fraction of sp³-hybridized carbons (Fsp3) is 0.300. The van der Waals surface area contributed by atoms with Crippen LogP contribution >= 0.6 is 0 Å². The lowest BCUT2D eigenvalue weighted by Gasteiger charge is -2.35. The Kier molecular flexibility index (Phi) is 4.87. The van der Waals surface area contributed by atoms with Crippen LogP contribution in [0.3, 0.4) is 0 Å². The van der Waals surface area contributed by atoms with E-state index in [9.17, 15) is 18.7 Å². The standard InChI is InChI=1S/C20H20F2N2O2/c1-19(21,22)20(26)14-17(16-10-6-3-7-11-16)23-24(20)18(25)13-12-15-8-4-2-5-9-15/h2-11,26H,12-14H2,1H3/t20-/m0/s1. The van der Waals surface area contributed by atoms with E-state index in [0.29, 0.717) is 23.9 Å². The van der Waals surface area contributed by atoms with E-state index in [1.54, 1.807) is 30.3 Å². The predicted molar refractivity (Wildman–Crippen MR) is 94.8 cm³/mol. The zero-order chi connectivity index (χ0) is 18.8. The van der Waals surface area contributed by atoms with E-state index in [1.807, 2.05) is 30.3 Å². The number of nitrogens with zero attached hydrogens (tertiary/aromatic N) is 2. The third kappa shape index (κ3) is 3.51. The van der Waals surface area contributed by atoms with Gasteiger partial charge in [-0.2, -0.15) is 10.1 Å². The lowest BCUT2D eigenvalue weighted by atomic mass is 9.96. The SMILES string of the molecule is CC(F)(F)[C@@]1(O)CC(c2ccccc2)=NN1C(=O)CCc1ccccc1. The van der Waals surface area contributed by atoms with Crippen molar-refractivity contribution in [2.45, 2.75) is 37.8 Å². The first kappa shape index (κ1) is 18.2. The molecule has 1 atom stereocenters. The Morgan fingerprint density at radius 2 is 1.73 bits per heavy atom. The van der Waals surface area contributed by atoms with Gasteiger partial charge in [-0.3, -0.25) is 4.79 Å². The summed E-state index contributed by atoms with van der Waals surface area (Å²) in [6, 6.07) is 18.0. The Bertz CT molecular complexity index is 804. The second-order valence-electron chi connectivity index (χ2n) is 6.49. The van der Waals surface area contributed by atoms with Gasteiger partial charge in [0, 0.05) is 19.8 Å². The molecule has 0 aliphatic carbocycles. The van der Waals surface area contributed by atoms with Crippen LogP contribution in [-0.2, 0) is 11.2 Å². The van der Waals surface area contributed by atoms with Crippen molar-refractivity contribution in [1.29, 1.82) is 0 Å². The summed E-state index contributed by atoms with van der Waals surface area (Å²) in [5, 5.41) is 15.3. The number of hydrazone groups is 1. The maximum Gasteiger partial charge on any atom is 0.294 e. The number of carbonyl (C=O) groups is 1. The molecule has 0 fully saturated rings. The van der Waals surface area contributed by atoms with Gasteiger partial charge in [0.25, 0.3) is 5.92 Å². The smallest absolute Gasteiger partial charge is 0.294 e. The van der Waals surface area contributed by atoms with Crippen molar-refractivity contribution >= 4 is 11.6 Å². The Labute approximate surface area is 150 Å². The second-order valence-corrected chi connectivity index (χ2v) is 6.49. The van der Waals surface area contributed by atoms with Crippen molar-refractivity contribution in [3.8, 4) is 0 Å². The Balaban J connectivity index is 1.85. The molecule has 1 heterocycles. The molecule has 0 bridgehead atoms. The summed E-state index contributed by atoms with van der Waals surface area (Å²) in [5.74, 6) is -4.15. The highest BCUT2D eigenvalue weighted by Crippen LogP contribution is 2.40. The molecule has 4 nitrogen and oxygen atoms in total. The first-order valence-electron chi connectivity index (χ1n) is 8.41. The van der Waals surface area contributed by atoms with Crippen LogP contribution in [0.1, 0.15) is 30.9 Å². The van der Waals surface area contributed by atoms with E-state index < -0.39 is 24.0 Å². The maximum atomic E-state index is 14.2. The average Bonchev–Trinajstić information content (AvgIpc) is 3.00. The zero-order valence-electron chi connectivity index (χ0n) is 14.4. The molecule has 26 heavy (non-hydrogen) atoms. The molecule has 0 spiro atoms. The number of benzene rings is 2. The number of aliphatic hydroxyl groups is 1. The van der Waals surface area contributed by atoms with E-state index in [4.69, 9.17) is 0 Å². The Morgan fingerprint density at radius 3 is 2.31 bits per heavy atom. The van der Waals surface area contributed by atoms with Gasteiger partial charge < -0.3 is 5.11 Å². The van der Waals surface area contributed by atoms with Gasteiger partial charge in [0.05, 0.1) is 5.71 Å². The normalized spacial score (nSPS) is 20.2. The number of aryl methyl sites for hydroxylation is 1. The number of halogens is 2. The van der Waals surface area contributed by atoms with E-state index >= 15 is 0 Å². The van der Waals surface area contributed by atoms with Crippen molar-refractivity contribution in [2.75, 3.05) is 0 Å². The van der Waals surface area contributed by atoms with Crippen LogP contribution in [0.5, 0.6) is 0 Å². The van der Waals surface area contributed by atoms with Gasteiger partial charge >= 0.3 is 0 Å². The van der Waals surface area contributed by atoms with E-state index in [-0.39, 0.29) is 12.1 Å². The van der Waals surface area contributed by atoms with Gasteiger partial charge in [-0.1, -0.05) is 60.7 Å². The van der Waals surface area contributed by atoms with Crippen molar-refractivity contribution < 1.29 is 18.7 Å². The van der Waals surface area contributed by atoms with Gasteiger partial charge in [-0.05, 0) is 17.5 Å². The van der Waals surface area contributed by atoms with Crippen LogP contribution in [-0.4, -0.2) is 33.4 Å². The monoisotopic (exact) mass is 358 g/mol. The molecular formula is C20H20F2N2O2. The molecule has 1 N–H and O–H groups in total. The topological polar surface area (TPSA) is 52.9 Å². The van der Waals surface area contributed by atoms with Crippen LogP contribution in [0.25, 0.3) is 0 Å².